The van der Waals surface area contributed by atoms with Gasteiger partial charge in [-0.3, -0.25) is 10.1 Å². The minimum absolute atomic E-state index is 0.0550. The van der Waals surface area contributed by atoms with Gasteiger partial charge in [0.05, 0.1) is 6.04 Å². The van der Waals surface area contributed by atoms with Crippen LogP contribution in [0.2, 0.25) is 0 Å². The first-order valence-electron chi connectivity index (χ1n) is 7.77. The highest BCUT2D eigenvalue weighted by molar-refractivity contribution is 7.07. The molecule has 0 bridgehead atoms. The normalized spacial score (nSPS) is 35.3. The lowest BCUT2D eigenvalue weighted by Crippen LogP contribution is -2.39. The molecule has 0 aromatic carbocycles. The molecule has 3 nitrogen and oxygen atoms in total. The SMILES string of the molecule is CC1CCCC(N2C(=O)C(C)NC2c2ccsc2)CC1. The smallest absolute Gasteiger partial charge is 0.241 e. The van der Waals surface area contributed by atoms with Gasteiger partial charge in [0.1, 0.15) is 6.17 Å². The number of carbonyl (C=O) groups excluding carboxylic acids is 1. The van der Waals surface area contributed by atoms with E-state index >= 15 is 0 Å². The molecule has 4 unspecified atom stereocenters. The molecular weight excluding hydrogens is 268 g/mol. The predicted octanol–water partition coefficient (Wildman–Crippen LogP) is 3.54. The van der Waals surface area contributed by atoms with Gasteiger partial charge in [0.25, 0.3) is 0 Å². The molecule has 0 spiro atoms. The van der Waals surface area contributed by atoms with Crippen molar-refractivity contribution in [3.05, 3.63) is 22.4 Å². The van der Waals surface area contributed by atoms with Gasteiger partial charge in [-0.15, -0.1) is 0 Å². The minimum atomic E-state index is -0.0550. The second-order valence-electron chi connectivity index (χ2n) is 6.36. The summed E-state index contributed by atoms with van der Waals surface area (Å²) >= 11 is 1.70. The second kappa shape index (κ2) is 5.86. The first-order valence-corrected chi connectivity index (χ1v) is 8.71. The average Bonchev–Trinajstić information content (AvgIpc) is 2.99. The third-order valence-corrected chi connectivity index (χ3v) is 5.49. The number of nitrogens with one attached hydrogen (secondary N) is 1. The maximum Gasteiger partial charge on any atom is 0.241 e. The Bertz CT molecular complexity index is 459. The van der Waals surface area contributed by atoms with E-state index in [1.807, 2.05) is 6.92 Å². The van der Waals surface area contributed by atoms with Crippen LogP contribution in [0.25, 0.3) is 0 Å². The fourth-order valence-corrected chi connectivity index (χ4v) is 4.24. The van der Waals surface area contributed by atoms with Crippen molar-refractivity contribution in [2.24, 2.45) is 5.92 Å². The van der Waals surface area contributed by atoms with Gasteiger partial charge in [0, 0.05) is 6.04 Å². The molecule has 1 saturated carbocycles. The van der Waals surface area contributed by atoms with Crippen LogP contribution in [-0.4, -0.2) is 22.9 Å². The summed E-state index contributed by atoms with van der Waals surface area (Å²) in [6, 6.07) is 2.50. The summed E-state index contributed by atoms with van der Waals surface area (Å²) in [4.78, 5) is 14.7. The summed E-state index contributed by atoms with van der Waals surface area (Å²) < 4.78 is 0. The van der Waals surface area contributed by atoms with Crippen LogP contribution < -0.4 is 5.32 Å². The number of amides is 1. The van der Waals surface area contributed by atoms with E-state index in [1.165, 1.54) is 24.8 Å². The Morgan fingerprint density at radius 1 is 1.25 bits per heavy atom. The molecule has 2 heterocycles. The molecule has 4 atom stereocenters. The quantitative estimate of drug-likeness (QED) is 0.846. The van der Waals surface area contributed by atoms with Crippen LogP contribution in [0.3, 0.4) is 0 Å². The number of nitrogens with zero attached hydrogens (tertiary/aromatic N) is 1. The second-order valence-corrected chi connectivity index (χ2v) is 7.14. The Balaban J connectivity index is 1.82. The summed E-state index contributed by atoms with van der Waals surface area (Å²) in [5, 5.41) is 7.73. The van der Waals surface area contributed by atoms with Gasteiger partial charge in [-0.1, -0.05) is 19.8 Å². The van der Waals surface area contributed by atoms with Crippen molar-refractivity contribution in [3.8, 4) is 0 Å². The van der Waals surface area contributed by atoms with E-state index in [0.717, 1.165) is 18.8 Å². The standard InChI is InChI=1S/C16H24N2OS/c1-11-4-3-5-14(7-6-11)18-15(13-8-9-20-10-13)17-12(2)16(18)19/h8-12,14-15,17H,3-7H2,1-2H3. The van der Waals surface area contributed by atoms with Gasteiger partial charge in [-0.25, -0.2) is 0 Å². The van der Waals surface area contributed by atoms with Gasteiger partial charge < -0.3 is 4.90 Å². The molecule has 1 saturated heterocycles. The molecule has 110 valence electrons. The zero-order valence-electron chi connectivity index (χ0n) is 12.3. The lowest BCUT2D eigenvalue weighted by molar-refractivity contribution is -0.132. The van der Waals surface area contributed by atoms with Crippen LogP contribution in [0.15, 0.2) is 16.8 Å². The molecular formula is C16H24N2OS. The van der Waals surface area contributed by atoms with Crippen LogP contribution in [0.5, 0.6) is 0 Å². The van der Waals surface area contributed by atoms with Crippen molar-refractivity contribution in [1.82, 2.24) is 10.2 Å². The summed E-state index contributed by atoms with van der Waals surface area (Å²) in [6.45, 7) is 4.33. The number of thiophene rings is 1. The molecule has 1 aromatic heterocycles. The molecule has 1 amide bonds. The monoisotopic (exact) mass is 292 g/mol. The Labute approximate surface area is 125 Å². The largest absolute Gasteiger partial charge is 0.319 e. The van der Waals surface area contributed by atoms with Crippen LogP contribution in [0.1, 0.15) is 57.7 Å². The van der Waals surface area contributed by atoms with E-state index in [-0.39, 0.29) is 18.1 Å². The zero-order valence-corrected chi connectivity index (χ0v) is 13.2. The fourth-order valence-electron chi connectivity index (χ4n) is 3.56. The maximum atomic E-state index is 12.6. The highest BCUT2D eigenvalue weighted by Crippen LogP contribution is 2.34. The summed E-state index contributed by atoms with van der Waals surface area (Å²) in [5.41, 5.74) is 1.24. The van der Waals surface area contributed by atoms with E-state index in [0.29, 0.717) is 6.04 Å². The van der Waals surface area contributed by atoms with Crippen LogP contribution in [0.4, 0.5) is 0 Å². The van der Waals surface area contributed by atoms with E-state index in [9.17, 15) is 4.79 Å². The average molecular weight is 292 g/mol. The molecule has 1 aromatic rings. The van der Waals surface area contributed by atoms with Gasteiger partial charge in [-0.05, 0) is 54.5 Å². The lowest BCUT2D eigenvalue weighted by atomic mass is 10.0. The highest BCUT2D eigenvalue weighted by Gasteiger charge is 2.41. The fraction of sp³-hybridized carbons (Fsp3) is 0.688. The third-order valence-electron chi connectivity index (χ3n) is 4.79. The molecule has 20 heavy (non-hydrogen) atoms. The van der Waals surface area contributed by atoms with Crippen molar-refractivity contribution < 1.29 is 4.79 Å². The highest BCUT2D eigenvalue weighted by atomic mass is 32.1. The summed E-state index contributed by atoms with van der Waals surface area (Å²) in [5.74, 6) is 1.09. The number of hydrogen-bond acceptors (Lipinski definition) is 3. The van der Waals surface area contributed by atoms with E-state index in [4.69, 9.17) is 0 Å². The zero-order chi connectivity index (χ0) is 14.1. The van der Waals surface area contributed by atoms with Gasteiger partial charge in [-0.2, -0.15) is 11.3 Å². The first kappa shape index (κ1) is 14.1. The Morgan fingerprint density at radius 2 is 2.10 bits per heavy atom. The van der Waals surface area contributed by atoms with E-state index in [2.05, 4.69) is 34.0 Å². The minimum Gasteiger partial charge on any atom is -0.319 e. The number of carbonyl (C=O) groups is 1. The molecule has 4 heteroatoms. The third kappa shape index (κ3) is 2.63. The summed E-state index contributed by atoms with van der Waals surface area (Å²) in [6.07, 6.45) is 6.21. The van der Waals surface area contributed by atoms with Crippen molar-refractivity contribution in [1.29, 1.82) is 0 Å². The van der Waals surface area contributed by atoms with Crippen LogP contribution in [0, 0.1) is 5.92 Å². The Kier molecular flexibility index (Phi) is 4.13. The maximum absolute atomic E-state index is 12.6. The van der Waals surface area contributed by atoms with Crippen molar-refractivity contribution in [2.75, 3.05) is 0 Å². The van der Waals surface area contributed by atoms with E-state index in [1.54, 1.807) is 11.3 Å². The molecule has 1 N–H and O–H groups in total. The van der Waals surface area contributed by atoms with E-state index < -0.39 is 0 Å². The van der Waals surface area contributed by atoms with Crippen LogP contribution >= 0.6 is 11.3 Å². The molecule has 1 aliphatic carbocycles. The van der Waals surface area contributed by atoms with Crippen LogP contribution in [-0.2, 0) is 4.79 Å². The number of hydrogen-bond donors (Lipinski definition) is 1. The molecule has 2 aliphatic rings. The number of rotatable bonds is 2. The van der Waals surface area contributed by atoms with Crippen molar-refractivity contribution in [3.63, 3.8) is 0 Å². The van der Waals surface area contributed by atoms with Gasteiger partial charge >= 0.3 is 0 Å². The topological polar surface area (TPSA) is 32.3 Å². The predicted molar refractivity (Wildman–Crippen MR) is 82.5 cm³/mol. The van der Waals surface area contributed by atoms with Crippen molar-refractivity contribution >= 4 is 17.2 Å². The van der Waals surface area contributed by atoms with Crippen molar-refractivity contribution in [2.45, 2.75) is 64.2 Å². The van der Waals surface area contributed by atoms with Gasteiger partial charge in [0.15, 0.2) is 0 Å². The first-order chi connectivity index (χ1) is 9.66. The Hall–Kier alpha value is -0.870. The summed E-state index contributed by atoms with van der Waals surface area (Å²) in [7, 11) is 0. The molecule has 3 rings (SSSR count). The van der Waals surface area contributed by atoms with Gasteiger partial charge in [0.2, 0.25) is 5.91 Å². The molecule has 0 radical (unpaired) electrons. The lowest BCUT2D eigenvalue weighted by Gasteiger charge is -2.32. The Morgan fingerprint density at radius 3 is 2.85 bits per heavy atom. The molecule has 1 aliphatic heterocycles. The molecule has 2 fully saturated rings.